The fourth-order valence-corrected chi connectivity index (χ4v) is 2.17. The number of hydrogen-bond acceptors (Lipinski definition) is 5. The molecule has 0 unspecified atom stereocenters. The van der Waals surface area contributed by atoms with Gasteiger partial charge in [0.05, 0.1) is 33.9 Å². The molecule has 0 amide bonds. The van der Waals surface area contributed by atoms with Crippen LogP contribution in [0.5, 0.6) is 0 Å². The molecule has 18 heavy (non-hydrogen) atoms. The van der Waals surface area contributed by atoms with Gasteiger partial charge in [-0.15, -0.1) is 0 Å². The highest BCUT2D eigenvalue weighted by Crippen LogP contribution is 2.34. The molecule has 0 bridgehead atoms. The highest BCUT2D eigenvalue weighted by molar-refractivity contribution is 6.39. The average Bonchev–Trinajstić information content (AvgIpc) is 2.34. The van der Waals surface area contributed by atoms with E-state index in [2.05, 4.69) is 5.43 Å². The second-order valence-electron chi connectivity index (χ2n) is 3.75. The van der Waals surface area contributed by atoms with Gasteiger partial charge in [-0.2, -0.15) is 0 Å². The lowest BCUT2D eigenvalue weighted by Crippen LogP contribution is -2.40. The van der Waals surface area contributed by atoms with E-state index >= 15 is 0 Å². The zero-order valence-corrected chi connectivity index (χ0v) is 10.9. The minimum atomic E-state index is -0.531. The van der Waals surface area contributed by atoms with Gasteiger partial charge in [-0.3, -0.25) is 10.1 Å². The van der Waals surface area contributed by atoms with Crippen LogP contribution in [0.1, 0.15) is 0 Å². The Hall–Kier alpha value is -1.08. The summed E-state index contributed by atoms with van der Waals surface area (Å²) in [7, 11) is 0. The van der Waals surface area contributed by atoms with Crippen LogP contribution in [0.25, 0.3) is 0 Å². The number of nitro groups is 1. The standard InChI is InChI=1S/C10H11Cl2N3O3/c11-8-5-7(15(16)17)6-9(12)10(8)13-14-1-3-18-4-2-14/h5-6,13H,1-4H2. The second-order valence-corrected chi connectivity index (χ2v) is 4.57. The summed E-state index contributed by atoms with van der Waals surface area (Å²) >= 11 is 12.0. The molecule has 0 radical (unpaired) electrons. The third-order valence-corrected chi connectivity index (χ3v) is 3.11. The van der Waals surface area contributed by atoms with E-state index in [0.29, 0.717) is 32.0 Å². The number of nitrogens with one attached hydrogen (secondary N) is 1. The Labute approximate surface area is 114 Å². The highest BCUT2D eigenvalue weighted by Gasteiger charge is 2.17. The van der Waals surface area contributed by atoms with Gasteiger partial charge >= 0.3 is 0 Å². The van der Waals surface area contributed by atoms with Gasteiger partial charge in [0.25, 0.3) is 5.69 Å². The number of anilines is 1. The molecule has 1 aromatic rings. The maximum atomic E-state index is 10.6. The van der Waals surface area contributed by atoms with Crippen molar-refractivity contribution in [3.05, 3.63) is 32.3 Å². The Balaban J connectivity index is 2.19. The lowest BCUT2D eigenvalue weighted by Gasteiger charge is -2.28. The molecule has 1 aliphatic rings. The van der Waals surface area contributed by atoms with E-state index in [1.54, 1.807) is 0 Å². The number of nitro benzene ring substituents is 1. The first-order valence-electron chi connectivity index (χ1n) is 5.30. The monoisotopic (exact) mass is 291 g/mol. The van der Waals surface area contributed by atoms with Crippen molar-refractivity contribution >= 4 is 34.6 Å². The summed E-state index contributed by atoms with van der Waals surface area (Å²) < 4.78 is 5.21. The molecule has 1 aromatic carbocycles. The molecule has 0 aliphatic carbocycles. The number of non-ortho nitro benzene ring substituents is 1. The van der Waals surface area contributed by atoms with Crippen molar-refractivity contribution in [1.29, 1.82) is 0 Å². The van der Waals surface area contributed by atoms with Gasteiger partial charge in [-0.25, -0.2) is 5.01 Å². The van der Waals surface area contributed by atoms with Crippen molar-refractivity contribution in [3.8, 4) is 0 Å². The SMILES string of the molecule is O=[N+]([O-])c1cc(Cl)c(NN2CCOCC2)c(Cl)c1. The summed E-state index contributed by atoms with van der Waals surface area (Å²) in [4.78, 5) is 10.1. The van der Waals surface area contributed by atoms with Gasteiger partial charge in [-0.05, 0) is 0 Å². The molecule has 0 atom stereocenters. The van der Waals surface area contributed by atoms with Crippen molar-refractivity contribution in [3.63, 3.8) is 0 Å². The molecule has 6 nitrogen and oxygen atoms in total. The predicted octanol–water partition coefficient (Wildman–Crippen LogP) is 2.56. The number of benzene rings is 1. The van der Waals surface area contributed by atoms with Crippen LogP contribution < -0.4 is 5.43 Å². The lowest BCUT2D eigenvalue weighted by molar-refractivity contribution is -0.384. The molecule has 1 fully saturated rings. The van der Waals surface area contributed by atoms with E-state index in [9.17, 15) is 10.1 Å². The molecule has 0 saturated carbocycles. The summed E-state index contributed by atoms with van der Waals surface area (Å²) in [6.45, 7) is 2.64. The number of morpholine rings is 1. The van der Waals surface area contributed by atoms with Crippen LogP contribution in [-0.4, -0.2) is 36.2 Å². The average molecular weight is 292 g/mol. The summed E-state index contributed by atoms with van der Waals surface area (Å²) in [6.07, 6.45) is 0. The first kappa shape index (κ1) is 13.4. The van der Waals surface area contributed by atoms with Gasteiger partial charge in [0.2, 0.25) is 0 Å². The van der Waals surface area contributed by atoms with Gasteiger partial charge in [0.15, 0.2) is 0 Å². The van der Waals surface area contributed by atoms with Crippen molar-refractivity contribution in [2.75, 3.05) is 31.7 Å². The van der Waals surface area contributed by atoms with Crippen LogP contribution in [0.3, 0.4) is 0 Å². The fourth-order valence-electron chi connectivity index (χ4n) is 1.61. The van der Waals surface area contributed by atoms with Crippen LogP contribution in [0.4, 0.5) is 11.4 Å². The van der Waals surface area contributed by atoms with E-state index in [1.807, 2.05) is 5.01 Å². The van der Waals surface area contributed by atoms with E-state index in [-0.39, 0.29) is 15.7 Å². The van der Waals surface area contributed by atoms with E-state index in [4.69, 9.17) is 27.9 Å². The predicted molar refractivity (Wildman–Crippen MR) is 69.1 cm³/mol. The third kappa shape index (κ3) is 3.02. The Bertz CT molecular complexity index is 441. The summed E-state index contributed by atoms with van der Waals surface area (Å²) in [5.41, 5.74) is 3.40. The van der Waals surface area contributed by atoms with Gasteiger partial charge in [-0.1, -0.05) is 23.2 Å². The maximum absolute atomic E-state index is 10.6. The molecule has 1 N–H and O–H groups in total. The Morgan fingerprint density at radius 1 is 1.28 bits per heavy atom. The molecular formula is C10H11Cl2N3O3. The van der Waals surface area contributed by atoms with Crippen molar-refractivity contribution in [1.82, 2.24) is 5.01 Å². The Kier molecular flexibility index (Phi) is 4.23. The summed E-state index contributed by atoms with van der Waals surface area (Å²) in [5.74, 6) is 0. The van der Waals surface area contributed by atoms with E-state index in [0.717, 1.165) is 0 Å². The van der Waals surface area contributed by atoms with Crippen LogP contribution in [-0.2, 0) is 4.74 Å². The summed E-state index contributed by atoms with van der Waals surface area (Å²) in [6, 6.07) is 2.55. The van der Waals surface area contributed by atoms with E-state index < -0.39 is 4.92 Å². The van der Waals surface area contributed by atoms with Gasteiger partial charge in [0, 0.05) is 25.2 Å². The number of nitrogens with zero attached hydrogens (tertiary/aromatic N) is 2. The Morgan fingerprint density at radius 2 is 1.83 bits per heavy atom. The molecule has 1 aliphatic heterocycles. The topological polar surface area (TPSA) is 67.6 Å². The molecular weight excluding hydrogens is 281 g/mol. The van der Waals surface area contributed by atoms with Crippen LogP contribution >= 0.6 is 23.2 Å². The minimum Gasteiger partial charge on any atom is -0.379 e. The minimum absolute atomic E-state index is 0.127. The highest BCUT2D eigenvalue weighted by atomic mass is 35.5. The molecule has 1 heterocycles. The smallest absolute Gasteiger partial charge is 0.272 e. The molecule has 2 rings (SSSR count). The first-order valence-corrected chi connectivity index (χ1v) is 6.06. The largest absolute Gasteiger partial charge is 0.379 e. The molecule has 8 heteroatoms. The maximum Gasteiger partial charge on any atom is 0.272 e. The normalized spacial score (nSPS) is 16.6. The number of rotatable bonds is 3. The van der Waals surface area contributed by atoms with Gasteiger partial charge < -0.3 is 10.2 Å². The quantitative estimate of drug-likeness (QED) is 0.685. The third-order valence-electron chi connectivity index (χ3n) is 2.52. The zero-order chi connectivity index (χ0) is 13.1. The number of hydrazine groups is 1. The van der Waals surface area contributed by atoms with Gasteiger partial charge in [0.1, 0.15) is 0 Å². The molecule has 98 valence electrons. The lowest BCUT2D eigenvalue weighted by atomic mass is 10.3. The van der Waals surface area contributed by atoms with E-state index in [1.165, 1.54) is 12.1 Å². The fraction of sp³-hybridized carbons (Fsp3) is 0.400. The molecule has 1 saturated heterocycles. The number of hydrogen-bond donors (Lipinski definition) is 1. The zero-order valence-electron chi connectivity index (χ0n) is 9.36. The van der Waals surface area contributed by atoms with Crippen molar-refractivity contribution < 1.29 is 9.66 Å². The second kappa shape index (κ2) is 5.71. The van der Waals surface area contributed by atoms with Crippen LogP contribution in [0.15, 0.2) is 12.1 Å². The van der Waals surface area contributed by atoms with Crippen LogP contribution in [0.2, 0.25) is 10.0 Å². The number of ether oxygens (including phenoxy) is 1. The first-order chi connectivity index (χ1) is 8.58. The number of halogens is 2. The van der Waals surface area contributed by atoms with Crippen LogP contribution in [0, 0.1) is 10.1 Å². The van der Waals surface area contributed by atoms with Crippen molar-refractivity contribution in [2.45, 2.75) is 0 Å². The summed E-state index contributed by atoms with van der Waals surface area (Å²) in [5, 5.41) is 13.0. The molecule has 0 spiro atoms. The molecule has 0 aromatic heterocycles. The Morgan fingerprint density at radius 3 is 2.33 bits per heavy atom. The van der Waals surface area contributed by atoms with Crippen molar-refractivity contribution in [2.24, 2.45) is 0 Å².